The number of piperidine rings is 2. The number of hydrogen-bond donors (Lipinski definition) is 0. The number of rotatable bonds is 2. The topological polar surface area (TPSA) is 3.24 Å². The van der Waals surface area contributed by atoms with E-state index >= 15 is 0 Å². The van der Waals surface area contributed by atoms with Crippen LogP contribution in [0.4, 0.5) is 0 Å². The van der Waals surface area contributed by atoms with Gasteiger partial charge in [-0.25, -0.2) is 0 Å². The van der Waals surface area contributed by atoms with E-state index in [0.717, 1.165) is 24.3 Å². The quantitative estimate of drug-likeness (QED) is 0.711. The first kappa shape index (κ1) is 9.41. The van der Waals surface area contributed by atoms with Gasteiger partial charge in [0.05, 0.1) is 0 Å². The standard InChI is InChI=1S/C14H19N/c1-11-13-7-14(11)10-15(9-13)8-12-5-3-2-4-6-12/h2-6,11,13-14H,7-10H2,1H3. The molecule has 1 aliphatic carbocycles. The van der Waals surface area contributed by atoms with Crippen LogP contribution in [0.2, 0.25) is 0 Å². The van der Waals surface area contributed by atoms with Crippen LogP contribution in [0, 0.1) is 17.8 Å². The summed E-state index contributed by atoms with van der Waals surface area (Å²) in [6.07, 6.45) is 1.49. The predicted molar refractivity (Wildman–Crippen MR) is 62.5 cm³/mol. The molecule has 0 amide bonds. The van der Waals surface area contributed by atoms with Crippen LogP contribution in [0.5, 0.6) is 0 Å². The summed E-state index contributed by atoms with van der Waals surface area (Å²) in [5.41, 5.74) is 1.46. The molecule has 3 fully saturated rings. The van der Waals surface area contributed by atoms with Crippen molar-refractivity contribution in [3.05, 3.63) is 35.9 Å². The van der Waals surface area contributed by atoms with E-state index in [0.29, 0.717) is 0 Å². The highest BCUT2D eigenvalue weighted by Crippen LogP contribution is 2.45. The molecule has 0 spiro atoms. The van der Waals surface area contributed by atoms with Gasteiger partial charge in [-0.05, 0) is 29.7 Å². The Balaban J connectivity index is 1.62. The summed E-state index contributed by atoms with van der Waals surface area (Å²) >= 11 is 0. The highest BCUT2D eigenvalue weighted by atomic mass is 15.1. The fourth-order valence-electron chi connectivity index (χ4n) is 3.20. The zero-order valence-corrected chi connectivity index (χ0v) is 9.39. The van der Waals surface area contributed by atoms with Crippen molar-refractivity contribution in [1.82, 2.24) is 4.90 Å². The molecule has 3 aliphatic rings. The lowest BCUT2D eigenvalue weighted by molar-refractivity contribution is -0.0366. The zero-order valence-electron chi connectivity index (χ0n) is 9.39. The lowest BCUT2D eigenvalue weighted by atomic mass is 9.62. The van der Waals surface area contributed by atoms with Crippen molar-refractivity contribution in [3.8, 4) is 0 Å². The van der Waals surface area contributed by atoms with Crippen molar-refractivity contribution in [2.75, 3.05) is 13.1 Å². The molecule has 2 atom stereocenters. The third-order valence-corrected chi connectivity index (χ3v) is 4.33. The molecule has 2 saturated heterocycles. The molecule has 2 heterocycles. The molecule has 0 N–H and O–H groups in total. The van der Waals surface area contributed by atoms with Gasteiger partial charge in [-0.1, -0.05) is 37.3 Å². The number of nitrogens with zero attached hydrogens (tertiary/aromatic N) is 1. The Hall–Kier alpha value is -0.820. The summed E-state index contributed by atoms with van der Waals surface area (Å²) in [7, 11) is 0. The van der Waals surface area contributed by atoms with Gasteiger partial charge in [-0.15, -0.1) is 0 Å². The number of fused-ring (bicyclic) bond motifs is 2. The molecule has 1 heteroatoms. The van der Waals surface area contributed by atoms with Crippen LogP contribution in [0.15, 0.2) is 30.3 Å². The van der Waals surface area contributed by atoms with Crippen LogP contribution in [-0.2, 0) is 6.54 Å². The minimum Gasteiger partial charge on any atom is -0.299 e. The molecule has 1 aromatic rings. The first-order valence-electron chi connectivity index (χ1n) is 6.09. The lowest BCUT2D eigenvalue weighted by Crippen LogP contribution is -2.53. The minimum atomic E-state index is 0.993. The first-order valence-corrected chi connectivity index (χ1v) is 6.09. The van der Waals surface area contributed by atoms with Gasteiger partial charge in [0.15, 0.2) is 0 Å². The lowest BCUT2D eigenvalue weighted by Gasteiger charge is -2.52. The van der Waals surface area contributed by atoms with Gasteiger partial charge >= 0.3 is 0 Å². The largest absolute Gasteiger partial charge is 0.299 e. The van der Waals surface area contributed by atoms with Gasteiger partial charge < -0.3 is 0 Å². The summed E-state index contributed by atoms with van der Waals surface area (Å²) in [5.74, 6) is 2.98. The highest BCUT2D eigenvalue weighted by Gasteiger charge is 2.43. The predicted octanol–water partition coefficient (Wildman–Crippen LogP) is 2.77. The summed E-state index contributed by atoms with van der Waals surface area (Å²) in [5, 5.41) is 0. The molecule has 15 heavy (non-hydrogen) atoms. The van der Waals surface area contributed by atoms with E-state index in [1.807, 2.05) is 0 Å². The molecular formula is C14H19N. The Morgan fingerprint density at radius 1 is 1.13 bits per heavy atom. The number of benzene rings is 1. The number of hydrogen-bond acceptors (Lipinski definition) is 1. The van der Waals surface area contributed by atoms with Crippen LogP contribution in [0.3, 0.4) is 0 Å². The van der Waals surface area contributed by atoms with Gasteiger partial charge in [0.25, 0.3) is 0 Å². The van der Waals surface area contributed by atoms with Gasteiger partial charge in [-0.3, -0.25) is 4.90 Å². The molecule has 1 nitrogen and oxygen atoms in total. The molecule has 1 aromatic carbocycles. The summed E-state index contributed by atoms with van der Waals surface area (Å²) in [6.45, 7) is 6.23. The van der Waals surface area contributed by atoms with Crippen molar-refractivity contribution >= 4 is 0 Å². The van der Waals surface area contributed by atoms with Crippen LogP contribution in [0.1, 0.15) is 18.9 Å². The Labute approximate surface area is 92.1 Å². The summed E-state index contributed by atoms with van der Waals surface area (Å²) < 4.78 is 0. The summed E-state index contributed by atoms with van der Waals surface area (Å²) in [6, 6.07) is 10.9. The van der Waals surface area contributed by atoms with Crippen LogP contribution < -0.4 is 0 Å². The molecule has 0 radical (unpaired) electrons. The van der Waals surface area contributed by atoms with Crippen molar-refractivity contribution in [2.45, 2.75) is 19.9 Å². The van der Waals surface area contributed by atoms with Crippen molar-refractivity contribution in [2.24, 2.45) is 17.8 Å². The second kappa shape index (κ2) is 3.64. The van der Waals surface area contributed by atoms with Crippen LogP contribution >= 0.6 is 0 Å². The molecule has 1 saturated carbocycles. The smallest absolute Gasteiger partial charge is 0.0233 e. The first-order chi connectivity index (χ1) is 7.33. The molecule has 2 aliphatic heterocycles. The van der Waals surface area contributed by atoms with E-state index in [1.165, 1.54) is 25.1 Å². The van der Waals surface area contributed by atoms with Gasteiger partial charge in [0.1, 0.15) is 0 Å². The molecule has 4 rings (SSSR count). The van der Waals surface area contributed by atoms with Crippen molar-refractivity contribution in [3.63, 3.8) is 0 Å². The second-order valence-corrected chi connectivity index (χ2v) is 5.29. The molecule has 2 bridgehead atoms. The van der Waals surface area contributed by atoms with Crippen molar-refractivity contribution < 1.29 is 0 Å². The third-order valence-electron chi connectivity index (χ3n) is 4.33. The van der Waals surface area contributed by atoms with E-state index < -0.39 is 0 Å². The van der Waals surface area contributed by atoms with E-state index in [1.54, 1.807) is 0 Å². The zero-order chi connectivity index (χ0) is 10.3. The Bertz CT molecular complexity index is 320. The van der Waals surface area contributed by atoms with E-state index in [-0.39, 0.29) is 0 Å². The van der Waals surface area contributed by atoms with Gasteiger partial charge in [-0.2, -0.15) is 0 Å². The maximum atomic E-state index is 2.63. The second-order valence-electron chi connectivity index (χ2n) is 5.29. The van der Waals surface area contributed by atoms with Gasteiger partial charge in [0, 0.05) is 19.6 Å². The maximum absolute atomic E-state index is 2.63. The fraction of sp³-hybridized carbons (Fsp3) is 0.571. The minimum absolute atomic E-state index is 0.993. The normalized spacial score (nSPS) is 34.9. The van der Waals surface area contributed by atoms with Crippen LogP contribution in [-0.4, -0.2) is 18.0 Å². The average Bonchev–Trinajstić information content (AvgIpc) is 2.30. The third kappa shape index (κ3) is 1.69. The van der Waals surface area contributed by atoms with Gasteiger partial charge in [0.2, 0.25) is 0 Å². The Kier molecular flexibility index (Phi) is 2.28. The Morgan fingerprint density at radius 3 is 2.40 bits per heavy atom. The van der Waals surface area contributed by atoms with Crippen LogP contribution in [0.25, 0.3) is 0 Å². The fourth-order valence-corrected chi connectivity index (χ4v) is 3.20. The Morgan fingerprint density at radius 2 is 1.80 bits per heavy atom. The molecular weight excluding hydrogens is 182 g/mol. The maximum Gasteiger partial charge on any atom is 0.0233 e. The molecule has 80 valence electrons. The van der Waals surface area contributed by atoms with E-state index in [4.69, 9.17) is 0 Å². The van der Waals surface area contributed by atoms with E-state index in [9.17, 15) is 0 Å². The monoisotopic (exact) mass is 201 g/mol. The molecule has 2 unspecified atom stereocenters. The average molecular weight is 201 g/mol. The van der Waals surface area contributed by atoms with E-state index in [2.05, 4.69) is 42.2 Å². The van der Waals surface area contributed by atoms with Crippen molar-refractivity contribution in [1.29, 1.82) is 0 Å². The highest BCUT2D eigenvalue weighted by molar-refractivity contribution is 5.15. The summed E-state index contributed by atoms with van der Waals surface area (Å²) in [4.78, 5) is 2.63. The molecule has 0 aromatic heterocycles. The SMILES string of the molecule is CC1C2CC1CN(Cc1ccccc1)C2.